The number of anilines is 1. The molecule has 0 aromatic heterocycles. The van der Waals surface area contributed by atoms with E-state index in [-0.39, 0.29) is 5.91 Å². The van der Waals surface area contributed by atoms with E-state index in [0.717, 1.165) is 25.9 Å². The van der Waals surface area contributed by atoms with Gasteiger partial charge in [0.25, 0.3) is 0 Å². The number of carbonyl (C=O) groups excluding carboxylic acids is 1. The third kappa shape index (κ3) is 2.50. The number of likely N-dealkylation sites (N-methyl/N-ethyl adjacent to an activating group) is 1. The predicted octanol–water partition coefficient (Wildman–Crippen LogP) is 2.23. The smallest absolute Gasteiger partial charge is 0.241 e. The van der Waals surface area contributed by atoms with Crippen molar-refractivity contribution < 1.29 is 4.79 Å². The first-order valence-electron chi connectivity index (χ1n) is 6.71. The zero-order valence-corrected chi connectivity index (χ0v) is 11.6. The van der Waals surface area contributed by atoms with E-state index in [0.29, 0.717) is 6.54 Å². The molecule has 3 heteroatoms. The van der Waals surface area contributed by atoms with E-state index in [2.05, 4.69) is 36.9 Å². The van der Waals surface area contributed by atoms with Gasteiger partial charge in [0, 0.05) is 25.8 Å². The molecule has 2 rings (SSSR count). The van der Waals surface area contributed by atoms with Crippen LogP contribution in [0.2, 0.25) is 0 Å². The van der Waals surface area contributed by atoms with Crippen LogP contribution >= 0.6 is 0 Å². The number of rotatable bonds is 2. The van der Waals surface area contributed by atoms with Crippen molar-refractivity contribution in [3.05, 3.63) is 29.3 Å². The molecule has 18 heavy (non-hydrogen) atoms. The van der Waals surface area contributed by atoms with Crippen molar-refractivity contribution in [1.82, 2.24) is 4.90 Å². The fourth-order valence-electron chi connectivity index (χ4n) is 2.63. The molecule has 0 radical (unpaired) electrons. The average molecular weight is 246 g/mol. The Labute approximate surface area is 109 Å². The molecule has 1 saturated heterocycles. The molecule has 1 aliphatic heterocycles. The molecule has 0 N–H and O–H groups in total. The number of hydrogen-bond acceptors (Lipinski definition) is 2. The molecule has 0 unspecified atom stereocenters. The second-order valence-electron chi connectivity index (χ2n) is 5.03. The average Bonchev–Trinajstić information content (AvgIpc) is 2.51. The van der Waals surface area contributed by atoms with Gasteiger partial charge in [0.2, 0.25) is 5.91 Å². The van der Waals surface area contributed by atoms with Crippen molar-refractivity contribution in [2.75, 3.05) is 31.6 Å². The Morgan fingerprint density at radius 3 is 2.78 bits per heavy atom. The van der Waals surface area contributed by atoms with Crippen LogP contribution in [0.3, 0.4) is 0 Å². The summed E-state index contributed by atoms with van der Waals surface area (Å²) in [6, 6.07) is 6.40. The van der Waals surface area contributed by atoms with Gasteiger partial charge in [-0.1, -0.05) is 25.1 Å². The maximum Gasteiger partial charge on any atom is 0.241 e. The van der Waals surface area contributed by atoms with Gasteiger partial charge in [-0.05, 0) is 30.9 Å². The van der Waals surface area contributed by atoms with Crippen LogP contribution in [0.1, 0.15) is 24.5 Å². The molecule has 0 spiro atoms. The van der Waals surface area contributed by atoms with Gasteiger partial charge in [0.15, 0.2) is 0 Å². The molecule has 1 amide bonds. The van der Waals surface area contributed by atoms with Gasteiger partial charge >= 0.3 is 0 Å². The van der Waals surface area contributed by atoms with Crippen molar-refractivity contribution in [1.29, 1.82) is 0 Å². The zero-order valence-electron chi connectivity index (χ0n) is 11.6. The summed E-state index contributed by atoms with van der Waals surface area (Å²) in [5.41, 5.74) is 3.88. The number of amides is 1. The van der Waals surface area contributed by atoms with Crippen LogP contribution < -0.4 is 4.90 Å². The monoisotopic (exact) mass is 246 g/mol. The first-order chi connectivity index (χ1) is 8.63. The number of aryl methyl sites for hydroxylation is 2. The Balaban J connectivity index is 2.33. The summed E-state index contributed by atoms with van der Waals surface area (Å²) in [7, 11) is 1.89. The number of para-hydroxylation sites is 1. The lowest BCUT2D eigenvalue weighted by atomic mass is 10.0. The van der Waals surface area contributed by atoms with Crippen molar-refractivity contribution in [2.24, 2.45) is 0 Å². The second kappa shape index (κ2) is 5.42. The standard InChI is InChI=1S/C15H22N2O/c1-4-13-8-5-7-12(2)15(13)17-10-6-9-16(3)14(18)11-17/h5,7-8H,4,6,9-11H2,1-3H3. The molecule has 1 aliphatic rings. The summed E-state index contributed by atoms with van der Waals surface area (Å²) in [6.07, 6.45) is 2.05. The van der Waals surface area contributed by atoms with E-state index in [4.69, 9.17) is 0 Å². The second-order valence-corrected chi connectivity index (χ2v) is 5.03. The van der Waals surface area contributed by atoms with E-state index in [1.807, 2.05) is 11.9 Å². The minimum Gasteiger partial charge on any atom is -0.362 e. The van der Waals surface area contributed by atoms with Crippen LogP contribution in [0.25, 0.3) is 0 Å². The highest BCUT2D eigenvalue weighted by molar-refractivity contribution is 5.82. The summed E-state index contributed by atoms with van der Waals surface area (Å²) >= 11 is 0. The molecule has 0 saturated carbocycles. The molecule has 0 atom stereocenters. The van der Waals surface area contributed by atoms with Crippen LogP contribution in [0.5, 0.6) is 0 Å². The number of carbonyl (C=O) groups is 1. The molecule has 98 valence electrons. The Morgan fingerprint density at radius 1 is 1.28 bits per heavy atom. The lowest BCUT2D eigenvalue weighted by Gasteiger charge is -2.26. The van der Waals surface area contributed by atoms with Gasteiger partial charge in [-0.15, -0.1) is 0 Å². The molecule has 0 aliphatic carbocycles. The maximum absolute atomic E-state index is 12.0. The van der Waals surface area contributed by atoms with E-state index < -0.39 is 0 Å². The summed E-state index contributed by atoms with van der Waals surface area (Å²) in [4.78, 5) is 16.1. The molecule has 1 fully saturated rings. The van der Waals surface area contributed by atoms with Crippen LogP contribution in [-0.4, -0.2) is 37.5 Å². The molecule has 1 aromatic carbocycles. The topological polar surface area (TPSA) is 23.6 Å². The lowest BCUT2D eigenvalue weighted by Crippen LogP contribution is -2.35. The van der Waals surface area contributed by atoms with E-state index in [1.165, 1.54) is 16.8 Å². The lowest BCUT2D eigenvalue weighted by molar-refractivity contribution is -0.127. The van der Waals surface area contributed by atoms with E-state index in [9.17, 15) is 4.79 Å². The molecule has 3 nitrogen and oxygen atoms in total. The fourth-order valence-corrected chi connectivity index (χ4v) is 2.63. The van der Waals surface area contributed by atoms with Crippen LogP contribution in [0.15, 0.2) is 18.2 Å². The van der Waals surface area contributed by atoms with E-state index >= 15 is 0 Å². The van der Waals surface area contributed by atoms with Gasteiger partial charge in [-0.2, -0.15) is 0 Å². The first kappa shape index (κ1) is 12.9. The molecule has 1 heterocycles. The summed E-state index contributed by atoms with van der Waals surface area (Å²) in [5.74, 6) is 0.220. The summed E-state index contributed by atoms with van der Waals surface area (Å²) < 4.78 is 0. The number of nitrogens with zero attached hydrogens (tertiary/aromatic N) is 2. The fraction of sp³-hybridized carbons (Fsp3) is 0.533. The Morgan fingerprint density at radius 2 is 2.06 bits per heavy atom. The molecule has 1 aromatic rings. The van der Waals surface area contributed by atoms with Crippen LogP contribution in [0, 0.1) is 6.92 Å². The third-order valence-corrected chi connectivity index (χ3v) is 3.69. The SMILES string of the molecule is CCc1cccc(C)c1N1CCCN(C)C(=O)C1. The quantitative estimate of drug-likeness (QED) is 0.799. The Hall–Kier alpha value is -1.51. The maximum atomic E-state index is 12.0. The highest BCUT2D eigenvalue weighted by Gasteiger charge is 2.21. The van der Waals surface area contributed by atoms with Crippen molar-refractivity contribution >= 4 is 11.6 Å². The molecular formula is C15H22N2O. The van der Waals surface area contributed by atoms with Crippen LogP contribution in [0.4, 0.5) is 5.69 Å². The Kier molecular flexibility index (Phi) is 3.90. The van der Waals surface area contributed by atoms with E-state index in [1.54, 1.807) is 0 Å². The zero-order chi connectivity index (χ0) is 13.1. The van der Waals surface area contributed by atoms with Gasteiger partial charge in [0.1, 0.15) is 0 Å². The van der Waals surface area contributed by atoms with Crippen molar-refractivity contribution in [2.45, 2.75) is 26.7 Å². The highest BCUT2D eigenvalue weighted by atomic mass is 16.2. The van der Waals surface area contributed by atoms with Gasteiger partial charge < -0.3 is 9.80 Å². The minimum absolute atomic E-state index is 0.220. The number of hydrogen-bond donors (Lipinski definition) is 0. The summed E-state index contributed by atoms with van der Waals surface area (Å²) in [6.45, 7) is 6.64. The van der Waals surface area contributed by atoms with Crippen LogP contribution in [-0.2, 0) is 11.2 Å². The number of benzene rings is 1. The normalized spacial score (nSPS) is 16.9. The van der Waals surface area contributed by atoms with Gasteiger partial charge in [-0.3, -0.25) is 4.79 Å². The van der Waals surface area contributed by atoms with Gasteiger partial charge in [0.05, 0.1) is 6.54 Å². The van der Waals surface area contributed by atoms with Crippen molar-refractivity contribution in [3.63, 3.8) is 0 Å². The predicted molar refractivity (Wildman–Crippen MR) is 75.0 cm³/mol. The largest absolute Gasteiger partial charge is 0.362 e. The van der Waals surface area contributed by atoms with Crippen molar-refractivity contribution in [3.8, 4) is 0 Å². The highest BCUT2D eigenvalue weighted by Crippen LogP contribution is 2.26. The first-order valence-corrected chi connectivity index (χ1v) is 6.71. The Bertz CT molecular complexity index is 442. The minimum atomic E-state index is 0.220. The van der Waals surface area contributed by atoms with Gasteiger partial charge in [-0.25, -0.2) is 0 Å². The summed E-state index contributed by atoms with van der Waals surface area (Å²) in [5, 5.41) is 0. The third-order valence-electron chi connectivity index (χ3n) is 3.69. The molecular weight excluding hydrogens is 224 g/mol. The molecule has 0 bridgehead atoms.